The highest BCUT2D eigenvalue weighted by atomic mass is 35.5. The van der Waals surface area contributed by atoms with Gasteiger partial charge >= 0.3 is 5.97 Å². The van der Waals surface area contributed by atoms with Gasteiger partial charge in [-0.25, -0.2) is 9.78 Å². The lowest BCUT2D eigenvalue weighted by Crippen LogP contribution is -2.14. The molecular formula is C14H11ClN2O3S. The Morgan fingerprint density at radius 1 is 1.24 bits per heavy atom. The molecular weight excluding hydrogens is 312 g/mol. The number of nitrogens with zero attached hydrogens (tertiary/aromatic N) is 1. The first-order valence-electron chi connectivity index (χ1n) is 5.93. The Morgan fingerprint density at radius 2 is 2.00 bits per heavy atom. The van der Waals surface area contributed by atoms with Crippen LogP contribution < -0.4 is 5.32 Å². The molecule has 0 saturated carbocycles. The lowest BCUT2D eigenvalue weighted by atomic mass is 10.2. The van der Waals surface area contributed by atoms with Crippen LogP contribution in [0.15, 0.2) is 47.5 Å². The van der Waals surface area contributed by atoms with Crippen LogP contribution in [0.2, 0.25) is 5.15 Å². The minimum Gasteiger partial charge on any atom is -0.478 e. The van der Waals surface area contributed by atoms with E-state index in [1.165, 1.54) is 12.3 Å². The van der Waals surface area contributed by atoms with Gasteiger partial charge in [-0.2, -0.15) is 0 Å². The van der Waals surface area contributed by atoms with Crippen molar-refractivity contribution in [2.45, 2.75) is 4.90 Å². The molecule has 0 radical (unpaired) electrons. The van der Waals surface area contributed by atoms with Crippen LogP contribution in [0.3, 0.4) is 0 Å². The quantitative estimate of drug-likeness (QED) is 0.653. The number of nitrogens with one attached hydrogen (secondary N) is 1. The van der Waals surface area contributed by atoms with Crippen molar-refractivity contribution in [1.82, 2.24) is 4.98 Å². The third-order valence-electron chi connectivity index (χ3n) is 2.51. The predicted octanol–water partition coefficient (Wildman–Crippen LogP) is 3.16. The van der Waals surface area contributed by atoms with Crippen LogP contribution in [-0.2, 0) is 4.79 Å². The Morgan fingerprint density at radius 3 is 2.71 bits per heavy atom. The molecule has 0 atom stereocenters. The molecule has 0 aliphatic carbocycles. The monoisotopic (exact) mass is 322 g/mol. The molecule has 1 amide bonds. The highest BCUT2D eigenvalue weighted by Gasteiger charge is 2.12. The van der Waals surface area contributed by atoms with Crippen molar-refractivity contribution in [3.05, 3.63) is 53.3 Å². The van der Waals surface area contributed by atoms with Crippen LogP contribution >= 0.6 is 23.4 Å². The number of hydrogen-bond donors (Lipinski definition) is 2. The standard InChI is InChI=1S/C14H11ClN2O3S/c15-13-10(5-3-7-16-13)17-12(18)8-21-11-6-2-1-4-9(11)14(19)20/h1-7H,8H2,(H,17,18)(H,19,20). The summed E-state index contributed by atoms with van der Waals surface area (Å²) in [5.74, 6) is -1.22. The van der Waals surface area contributed by atoms with Gasteiger partial charge in [0.1, 0.15) is 0 Å². The molecule has 2 rings (SSSR count). The van der Waals surface area contributed by atoms with E-state index < -0.39 is 5.97 Å². The molecule has 0 fully saturated rings. The second-order valence-electron chi connectivity index (χ2n) is 3.98. The molecule has 0 saturated heterocycles. The summed E-state index contributed by atoms with van der Waals surface area (Å²) < 4.78 is 0. The van der Waals surface area contributed by atoms with E-state index in [1.54, 1.807) is 30.3 Å². The second kappa shape index (κ2) is 7.10. The molecule has 2 aromatic rings. The number of carbonyl (C=O) groups excluding carboxylic acids is 1. The number of aromatic nitrogens is 1. The van der Waals surface area contributed by atoms with Gasteiger partial charge < -0.3 is 10.4 Å². The summed E-state index contributed by atoms with van der Waals surface area (Å²) in [6.07, 6.45) is 1.52. The average Bonchev–Trinajstić information content (AvgIpc) is 2.48. The molecule has 0 aliphatic rings. The summed E-state index contributed by atoms with van der Waals surface area (Å²) in [5, 5.41) is 11.9. The van der Waals surface area contributed by atoms with Gasteiger partial charge in [0, 0.05) is 11.1 Å². The summed E-state index contributed by atoms with van der Waals surface area (Å²) >= 11 is 6.99. The highest BCUT2D eigenvalue weighted by molar-refractivity contribution is 8.00. The fraction of sp³-hybridized carbons (Fsp3) is 0.0714. The molecule has 1 aromatic heterocycles. The minimum atomic E-state index is -1.02. The topological polar surface area (TPSA) is 79.3 Å². The second-order valence-corrected chi connectivity index (χ2v) is 5.36. The summed E-state index contributed by atoms with van der Waals surface area (Å²) in [7, 11) is 0. The van der Waals surface area contributed by atoms with E-state index in [1.807, 2.05) is 0 Å². The van der Waals surface area contributed by atoms with Gasteiger partial charge in [-0.1, -0.05) is 23.7 Å². The minimum absolute atomic E-state index is 0.0789. The fourth-order valence-corrected chi connectivity index (χ4v) is 2.59. The van der Waals surface area contributed by atoms with E-state index in [4.69, 9.17) is 16.7 Å². The normalized spacial score (nSPS) is 10.1. The van der Waals surface area contributed by atoms with E-state index in [9.17, 15) is 9.59 Å². The number of carboxylic acids is 1. The fourth-order valence-electron chi connectivity index (χ4n) is 1.58. The number of carboxylic acid groups (broad SMARTS) is 1. The van der Waals surface area contributed by atoms with Gasteiger partial charge in [0.2, 0.25) is 5.91 Å². The molecule has 7 heteroatoms. The molecule has 1 heterocycles. The van der Waals surface area contributed by atoms with Gasteiger partial charge in [-0.15, -0.1) is 11.8 Å². The van der Waals surface area contributed by atoms with Crippen molar-refractivity contribution in [1.29, 1.82) is 0 Å². The van der Waals surface area contributed by atoms with Gasteiger partial charge in [0.15, 0.2) is 5.15 Å². The Labute approximate surface area is 130 Å². The lowest BCUT2D eigenvalue weighted by molar-refractivity contribution is -0.113. The molecule has 5 nitrogen and oxygen atoms in total. The summed E-state index contributed by atoms with van der Waals surface area (Å²) in [6, 6.07) is 9.84. The van der Waals surface area contributed by atoms with E-state index in [-0.39, 0.29) is 22.4 Å². The zero-order valence-corrected chi connectivity index (χ0v) is 12.3. The maximum atomic E-state index is 11.9. The molecule has 0 spiro atoms. The first-order valence-corrected chi connectivity index (χ1v) is 7.30. The van der Waals surface area contributed by atoms with Crippen LogP contribution in [0.25, 0.3) is 0 Å². The maximum Gasteiger partial charge on any atom is 0.336 e. The summed E-state index contributed by atoms with van der Waals surface area (Å²) in [5.41, 5.74) is 0.603. The molecule has 0 unspecified atom stereocenters. The summed E-state index contributed by atoms with van der Waals surface area (Å²) in [6.45, 7) is 0. The van der Waals surface area contributed by atoms with Crippen molar-refractivity contribution in [3.8, 4) is 0 Å². The smallest absolute Gasteiger partial charge is 0.336 e. The van der Waals surface area contributed by atoms with Crippen molar-refractivity contribution < 1.29 is 14.7 Å². The van der Waals surface area contributed by atoms with Crippen LogP contribution in [0.1, 0.15) is 10.4 Å². The van der Waals surface area contributed by atoms with Crippen LogP contribution in [0, 0.1) is 0 Å². The average molecular weight is 323 g/mol. The number of carbonyl (C=O) groups is 2. The number of anilines is 1. The number of benzene rings is 1. The molecule has 1 aromatic carbocycles. The SMILES string of the molecule is O=C(CSc1ccccc1C(=O)O)Nc1cccnc1Cl. The zero-order valence-electron chi connectivity index (χ0n) is 10.7. The van der Waals surface area contributed by atoms with Crippen LogP contribution in [0.4, 0.5) is 5.69 Å². The summed E-state index contributed by atoms with van der Waals surface area (Å²) in [4.78, 5) is 27.3. The lowest BCUT2D eigenvalue weighted by Gasteiger charge is -2.07. The molecule has 0 aliphatic heterocycles. The highest BCUT2D eigenvalue weighted by Crippen LogP contribution is 2.23. The van der Waals surface area contributed by atoms with Gasteiger partial charge in [0.25, 0.3) is 0 Å². The number of hydrogen-bond acceptors (Lipinski definition) is 4. The maximum absolute atomic E-state index is 11.9. The van der Waals surface area contributed by atoms with Crippen LogP contribution in [-0.4, -0.2) is 27.7 Å². The number of amides is 1. The zero-order chi connectivity index (χ0) is 15.2. The van der Waals surface area contributed by atoms with Gasteiger partial charge in [-0.3, -0.25) is 4.79 Å². The van der Waals surface area contributed by atoms with Crippen molar-refractivity contribution in [3.63, 3.8) is 0 Å². The van der Waals surface area contributed by atoms with Gasteiger partial charge in [0.05, 0.1) is 17.0 Å². The number of thioether (sulfide) groups is 1. The molecule has 0 bridgehead atoms. The molecule has 2 N–H and O–H groups in total. The van der Waals surface area contributed by atoms with Crippen LogP contribution in [0.5, 0.6) is 0 Å². The number of halogens is 1. The van der Waals surface area contributed by atoms with E-state index >= 15 is 0 Å². The van der Waals surface area contributed by atoms with Gasteiger partial charge in [-0.05, 0) is 24.3 Å². The van der Waals surface area contributed by atoms with Crippen molar-refractivity contribution in [2.75, 3.05) is 11.1 Å². The number of aromatic carboxylic acids is 1. The number of rotatable bonds is 5. The third kappa shape index (κ3) is 4.21. The Bertz CT molecular complexity index is 679. The van der Waals surface area contributed by atoms with Crippen molar-refractivity contribution in [2.24, 2.45) is 0 Å². The van der Waals surface area contributed by atoms with E-state index in [0.717, 1.165) is 11.8 Å². The number of pyridine rings is 1. The first-order chi connectivity index (χ1) is 10.1. The third-order valence-corrected chi connectivity index (χ3v) is 3.88. The predicted molar refractivity (Wildman–Crippen MR) is 82.0 cm³/mol. The Balaban J connectivity index is 1.99. The Hall–Kier alpha value is -2.05. The van der Waals surface area contributed by atoms with E-state index in [0.29, 0.717) is 10.6 Å². The Kier molecular flexibility index (Phi) is 5.19. The van der Waals surface area contributed by atoms with E-state index in [2.05, 4.69) is 10.3 Å². The molecule has 21 heavy (non-hydrogen) atoms. The first kappa shape index (κ1) is 15.3. The largest absolute Gasteiger partial charge is 0.478 e. The molecule has 108 valence electrons. The van der Waals surface area contributed by atoms with Crippen molar-refractivity contribution >= 4 is 40.9 Å².